The molecule has 0 aliphatic carbocycles. The van der Waals surface area contributed by atoms with Crippen LogP contribution >= 0.6 is 0 Å². The monoisotopic (exact) mass is 263 g/mol. The molecule has 0 saturated carbocycles. The maximum absolute atomic E-state index is 9.81. The molecule has 0 bridgehead atoms. The van der Waals surface area contributed by atoms with Crippen molar-refractivity contribution in [3.63, 3.8) is 0 Å². The third-order valence-electron chi connectivity index (χ3n) is 4.31. The molecule has 3 N–H and O–H groups in total. The Hall–Kier alpha value is -1.36. The Morgan fingerprint density at radius 1 is 1.21 bits per heavy atom. The molecule has 104 valence electrons. The lowest BCUT2D eigenvalue weighted by Crippen LogP contribution is -2.63. The normalized spacial score (nSPS) is 15.9. The fourth-order valence-electron chi connectivity index (χ4n) is 2.34. The summed E-state index contributed by atoms with van der Waals surface area (Å²) in [5, 5.41) is 20.8. The van der Waals surface area contributed by atoms with Gasteiger partial charge in [0.15, 0.2) is 5.54 Å². The lowest BCUT2D eigenvalue weighted by Gasteiger charge is -2.44. The number of rotatable bonds is 4. The summed E-state index contributed by atoms with van der Waals surface area (Å²) in [7, 11) is 5.94. The van der Waals surface area contributed by atoms with Crippen LogP contribution in [0.25, 0.3) is 10.9 Å². The Balaban J connectivity index is 2.43. The van der Waals surface area contributed by atoms with Crippen molar-refractivity contribution in [2.24, 2.45) is 0 Å². The second-order valence-electron chi connectivity index (χ2n) is 6.28. The first-order valence-electron chi connectivity index (χ1n) is 6.48. The zero-order valence-corrected chi connectivity index (χ0v) is 12.0. The molecule has 2 aromatic rings. The van der Waals surface area contributed by atoms with E-state index in [1.54, 1.807) is 0 Å². The van der Waals surface area contributed by atoms with Crippen LogP contribution in [0.2, 0.25) is 0 Å². The van der Waals surface area contributed by atoms with Gasteiger partial charge in [-0.25, -0.2) is 0 Å². The average molecular weight is 263 g/mol. The van der Waals surface area contributed by atoms with Crippen molar-refractivity contribution in [3.05, 3.63) is 36.0 Å². The number of para-hydroxylation sites is 1. The van der Waals surface area contributed by atoms with Crippen LogP contribution < -0.4 is 0 Å². The van der Waals surface area contributed by atoms with E-state index in [1.165, 1.54) is 0 Å². The number of aromatic amines is 1. The number of benzene rings is 1. The molecular weight excluding hydrogens is 240 g/mol. The lowest BCUT2D eigenvalue weighted by molar-refractivity contribution is -0.929. The van der Waals surface area contributed by atoms with Gasteiger partial charge in [0.05, 0.1) is 21.1 Å². The quantitative estimate of drug-likeness (QED) is 0.578. The molecule has 1 atom stereocenters. The number of hydrogen-bond acceptors (Lipinski definition) is 2. The molecule has 1 heterocycles. The fourth-order valence-corrected chi connectivity index (χ4v) is 2.34. The minimum atomic E-state index is -1.37. The highest BCUT2D eigenvalue weighted by Crippen LogP contribution is 2.29. The first-order valence-corrected chi connectivity index (χ1v) is 6.48. The smallest absolute Gasteiger partial charge is 0.208 e. The van der Waals surface area contributed by atoms with Gasteiger partial charge in [0, 0.05) is 23.5 Å². The van der Waals surface area contributed by atoms with Gasteiger partial charge < -0.3 is 19.7 Å². The van der Waals surface area contributed by atoms with Gasteiger partial charge in [-0.1, -0.05) is 18.2 Å². The summed E-state index contributed by atoms with van der Waals surface area (Å²) >= 11 is 0. The van der Waals surface area contributed by atoms with Crippen LogP contribution in [0.3, 0.4) is 0 Å². The van der Waals surface area contributed by atoms with Crippen molar-refractivity contribution in [2.75, 3.05) is 21.1 Å². The highest BCUT2D eigenvalue weighted by Gasteiger charge is 2.45. The number of aliphatic hydroxyl groups excluding tert-OH is 1. The minimum absolute atomic E-state index is 0.476. The highest BCUT2D eigenvalue weighted by atomic mass is 16.5. The van der Waals surface area contributed by atoms with Crippen LogP contribution in [0.1, 0.15) is 12.5 Å². The molecule has 0 aliphatic heterocycles. The van der Waals surface area contributed by atoms with Crippen molar-refractivity contribution in [1.29, 1.82) is 0 Å². The van der Waals surface area contributed by atoms with Crippen LogP contribution in [-0.4, -0.2) is 52.7 Å². The summed E-state index contributed by atoms with van der Waals surface area (Å²) in [6, 6.07) is 8.07. The molecule has 1 aromatic carbocycles. The van der Waals surface area contributed by atoms with E-state index < -0.39 is 11.8 Å². The first-order chi connectivity index (χ1) is 8.75. The number of aliphatic hydroxyl groups is 2. The summed E-state index contributed by atoms with van der Waals surface area (Å²) in [6.45, 7) is 1.90. The van der Waals surface area contributed by atoms with E-state index in [0.717, 1.165) is 16.5 Å². The van der Waals surface area contributed by atoms with Gasteiger partial charge in [-0.15, -0.1) is 0 Å². The van der Waals surface area contributed by atoms with Gasteiger partial charge in [-0.05, 0) is 18.6 Å². The van der Waals surface area contributed by atoms with Gasteiger partial charge >= 0.3 is 0 Å². The highest BCUT2D eigenvalue weighted by molar-refractivity contribution is 5.83. The molecule has 0 aliphatic rings. The van der Waals surface area contributed by atoms with Crippen LogP contribution in [0.5, 0.6) is 0 Å². The number of nitrogens with zero attached hydrogens (tertiary/aromatic N) is 1. The lowest BCUT2D eigenvalue weighted by atomic mass is 9.89. The van der Waals surface area contributed by atoms with E-state index in [-0.39, 0.29) is 0 Å². The third kappa shape index (κ3) is 2.39. The van der Waals surface area contributed by atoms with E-state index >= 15 is 0 Å². The molecule has 4 nitrogen and oxygen atoms in total. The van der Waals surface area contributed by atoms with Crippen molar-refractivity contribution in [1.82, 2.24) is 4.98 Å². The molecule has 1 unspecified atom stereocenters. The molecule has 4 heteroatoms. The average Bonchev–Trinajstić information content (AvgIpc) is 2.71. The van der Waals surface area contributed by atoms with Crippen molar-refractivity contribution in [3.8, 4) is 0 Å². The topological polar surface area (TPSA) is 56.2 Å². The van der Waals surface area contributed by atoms with Gasteiger partial charge in [0.25, 0.3) is 0 Å². The number of hydrogen-bond donors (Lipinski definition) is 3. The Bertz CT molecular complexity index is 569. The predicted molar refractivity (Wildman–Crippen MR) is 76.7 cm³/mol. The van der Waals surface area contributed by atoms with E-state index in [0.29, 0.717) is 10.9 Å². The van der Waals surface area contributed by atoms with Crippen molar-refractivity contribution < 1.29 is 14.7 Å². The SMILES string of the molecule is CC(Cc1c[nH]c2ccccc12)(C(O)O)[N+](C)(C)C. The zero-order chi connectivity index (χ0) is 14.3. The van der Waals surface area contributed by atoms with Gasteiger partial charge in [-0.2, -0.15) is 0 Å². The number of likely N-dealkylation sites (N-methyl/N-ethyl adjacent to an activating group) is 1. The number of fused-ring (bicyclic) bond motifs is 1. The first kappa shape index (κ1) is 14.1. The van der Waals surface area contributed by atoms with Gasteiger partial charge in [0.2, 0.25) is 6.29 Å². The van der Waals surface area contributed by atoms with Crippen LogP contribution in [-0.2, 0) is 6.42 Å². The number of H-pyrrole nitrogens is 1. The van der Waals surface area contributed by atoms with Crippen molar-refractivity contribution in [2.45, 2.75) is 25.2 Å². The summed E-state index contributed by atoms with van der Waals surface area (Å²) in [4.78, 5) is 3.23. The number of quaternary nitrogens is 1. The van der Waals surface area contributed by atoms with E-state index in [2.05, 4.69) is 11.1 Å². The Labute approximate surface area is 113 Å². The Morgan fingerprint density at radius 2 is 1.84 bits per heavy atom. The summed E-state index contributed by atoms with van der Waals surface area (Å²) in [5.74, 6) is 0. The number of nitrogens with one attached hydrogen (secondary N) is 1. The molecule has 1 aromatic heterocycles. The molecule has 19 heavy (non-hydrogen) atoms. The molecule has 0 saturated heterocycles. The summed E-state index contributed by atoms with van der Waals surface area (Å²) in [5.41, 5.74) is 1.53. The second-order valence-corrected chi connectivity index (χ2v) is 6.28. The van der Waals surface area contributed by atoms with E-state index in [9.17, 15) is 10.2 Å². The standard InChI is InChI=1S/C15H23N2O2/c1-15(14(18)19,17(2,3)4)9-11-10-16-13-8-6-5-7-12(11)13/h5-8,10,14,16,18-19H,9H2,1-4H3/q+1. The van der Waals surface area contributed by atoms with Crippen LogP contribution in [0.15, 0.2) is 30.5 Å². The molecule has 0 fully saturated rings. The summed E-state index contributed by atoms with van der Waals surface area (Å²) in [6.07, 6.45) is 1.18. The number of aromatic nitrogens is 1. The maximum atomic E-state index is 9.81. The summed E-state index contributed by atoms with van der Waals surface area (Å²) < 4.78 is 0.476. The zero-order valence-electron chi connectivity index (χ0n) is 12.0. The maximum Gasteiger partial charge on any atom is 0.208 e. The third-order valence-corrected chi connectivity index (χ3v) is 4.31. The van der Waals surface area contributed by atoms with E-state index in [4.69, 9.17) is 0 Å². The molecule has 2 rings (SSSR count). The fraction of sp³-hybridized carbons (Fsp3) is 0.467. The largest absolute Gasteiger partial charge is 0.363 e. The van der Waals surface area contributed by atoms with Crippen molar-refractivity contribution >= 4 is 10.9 Å². The molecule has 0 radical (unpaired) electrons. The Morgan fingerprint density at radius 3 is 2.42 bits per heavy atom. The van der Waals surface area contributed by atoms with Crippen LogP contribution in [0, 0.1) is 0 Å². The van der Waals surface area contributed by atoms with Gasteiger partial charge in [0.1, 0.15) is 0 Å². The minimum Gasteiger partial charge on any atom is -0.363 e. The molecule has 0 spiro atoms. The second kappa shape index (κ2) is 4.63. The van der Waals surface area contributed by atoms with Gasteiger partial charge in [-0.3, -0.25) is 0 Å². The van der Waals surface area contributed by atoms with E-state index in [1.807, 2.05) is 52.5 Å². The molecule has 0 amide bonds. The Kier molecular flexibility index (Phi) is 3.43. The van der Waals surface area contributed by atoms with Crippen LogP contribution in [0.4, 0.5) is 0 Å². The predicted octanol–water partition coefficient (Wildman–Crippen LogP) is 1.49. The molecular formula is C15H23N2O2+.